The lowest BCUT2D eigenvalue weighted by Crippen LogP contribution is -2.47. The summed E-state index contributed by atoms with van der Waals surface area (Å²) in [5, 5.41) is 19.1. The molecule has 2 amide bonds. The van der Waals surface area contributed by atoms with Crippen molar-refractivity contribution in [3.63, 3.8) is 0 Å². The van der Waals surface area contributed by atoms with Gasteiger partial charge in [-0.15, -0.1) is 0 Å². The number of nitrogens with zero attached hydrogens (tertiary/aromatic N) is 4. The van der Waals surface area contributed by atoms with Gasteiger partial charge in [-0.05, 0) is 51.1 Å². The van der Waals surface area contributed by atoms with Gasteiger partial charge in [0.05, 0.1) is 30.1 Å². The summed E-state index contributed by atoms with van der Waals surface area (Å²) in [4.78, 5) is 45.6. The zero-order valence-electron chi connectivity index (χ0n) is 21.2. The van der Waals surface area contributed by atoms with Crippen LogP contribution in [0.25, 0.3) is 5.69 Å². The van der Waals surface area contributed by atoms with Crippen LogP contribution in [0.1, 0.15) is 31.7 Å². The quantitative estimate of drug-likeness (QED) is 0.453. The fourth-order valence-corrected chi connectivity index (χ4v) is 4.29. The van der Waals surface area contributed by atoms with E-state index in [0.717, 1.165) is 6.07 Å². The summed E-state index contributed by atoms with van der Waals surface area (Å²) in [5.74, 6) is -2.79. The maximum atomic E-state index is 14.0. The molecule has 4 rings (SSSR count). The summed E-state index contributed by atoms with van der Waals surface area (Å²) in [6, 6.07) is 7.50. The number of fused-ring (bicyclic) bond motifs is 1. The maximum absolute atomic E-state index is 14.0. The summed E-state index contributed by atoms with van der Waals surface area (Å²) >= 11 is 6.26. The number of aryl methyl sites for hydroxylation is 1. The van der Waals surface area contributed by atoms with Gasteiger partial charge in [-0.25, -0.2) is 8.78 Å². The van der Waals surface area contributed by atoms with Crippen molar-refractivity contribution in [2.24, 2.45) is 0 Å². The van der Waals surface area contributed by atoms with Crippen LogP contribution in [0.2, 0.25) is 5.02 Å². The summed E-state index contributed by atoms with van der Waals surface area (Å²) < 4.78 is 33.8. The Bertz CT molecular complexity index is 1520. The second-order valence-electron chi connectivity index (χ2n) is 9.35. The Morgan fingerprint density at radius 3 is 2.49 bits per heavy atom. The second-order valence-corrected chi connectivity index (χ2v) is 9.72. The largest absolute Gasteiger partial charge is 0.471 e. The number of aliphatic hydroxyl groups is 2. The molecule has 1 aliphatic rings. The van der Waals surface area contributed by atoms with Crippen LogP contribution in [0, 0.1) is 18.6 Å². The van der Waals surface area contributed by atoms with Gasteiger partial charge in [-0.2, -0.15) is 4.98 Å². The van der Waals surface area contributed by atoms with Crippen LogP contribution in [0.4, 0.5) is 20.2 Å². The van der Waals surface area contributed by atoms with E-state index in [1.165, 1.54) is 59.4 Å². The maximum Gasteiger partial charge on any atom is 0.280 e. The highest BCUT2D eigenvalue weighted by atomic mass is 35.5. The molecule has 39 heavy (non-hydrogen) atoms. The predicted octanol–water partition coefficient (Wildman–Crippen LogP) is 2.84. The Hall–Kier alpha value is -3.87. The summed E-state index contributed by atoms with van der Waals surface area (Å²) in [6.07, 6.45) is -0.207. The average molecular weight is 563 g/mol. The van der Waals surface area contributed by atoms with Crippen molar-refractivity contribution in [3.8, 4) is 11.6 Å². The molecule has 206 valence electrons. The van der Waals surface area contributed by atoms with Crippen molar-refractivity contribution in [1.29, 1.82) is 0 Å². The van der Waals surface area contributed by atoms with E-state index in [2.05, 4.69) is 4.98 Å². The molecule has 2 N–H and O–H groups in total. The van der Waals surface area contributed by atoms with E-state index in [0.29, 0.717) is 11.8 Å². The molecule has 10 nitrogen and oxygen atoms in total. The lowest BCUT2D eigenvalue weighted by molar-refractivity contribution is -0.133. The van der Waals surface area contributed by atoms with Crippen molar-refractivity contribution in [1.82, 2.24) is 9.55 Å². The van der Waals surface area contributed by atoms with Crippen LogP contribution in [-0.4, -0.2) is 50.5 Å². The molecule has 0 aliphatic carbocycles. The van der Waals surface area contributed by atoms with Gasteiger partial charge in [-0.1, -0.05) is 11.6 Å². The monoisotopic (exact) mass is 562 g/mol. The van der Waals surface area contributed by atoms with Crippen LogP contribution in [0.15, 0.2) is 41.2 Å². The lowest BCUT2D eigenvalue weighted by atomic mass is 10.1. The zero-order chi connectivity index (χ0) is 28.6. The van der Waals surface area contributed by atoms with Gasteiger partial charge in [0.15, 0.2) is 5.02 Å². The van der Waals surface area contributed by atoms with Gasteiger partial charge in [0.2, 0.25) is 11.8 Å². The van der Waals surface area contributed by atoms with Crippen molar-refractivity contribution in [3.05, 3.63) is 74.8 Å². The highest BCUT2D eigenvalue weighted by Crippen LogP contribution is 2.39. The molecule has 0 unspecified atom stereocenters. The summed E-state index contributed by atoms with van der Waals surface area (Å²) in [6.45, 7) is 3.20. The van der Waals surface area contributed by atoms with E-state index in [-0.39, 0.29) is 48.3 Å². The Morgan fingerprint density at radius 2 is 1.85 bits per heavy atom. The van der Waals surface area contributed by atoms with Crippen LogP contribution in [-0.2, 0) is 16.2 Å². The average Bonchev–Trinajstić information content (AvgIpc) is 3.24. The molecule has 0 radical (unpaired) electrons. The van der Waals surface area contributed by atoms with Gasteiger partial charge in [0, 0.05) is 11.6 Å². The van der Waals surface area contributed by atoms with Crippen molar-refractivity contribution >= 4 is 34.8 Å². The number of anilines is 2. The topological polar surface area (TPSA) is 125 Å². The van der Waals surface area contributed by atoms with Gasteiger partial charge in [-0.3, -0.25) is 28.8 Å². The molecule has 0 saturated carbocycles. The van der Waals surface area contributed by atoms with E-state index in [1.807, 2.05) is 0 Å². The van der Waals surface area contributed by atoms with Crippen molar-refractivity contribution in [2.75, 3.05) is 23.1 Å². The summed E-state index contributed by atoms with van der Waals surface area (Å²) in [5.41, 5.74) is -1.53. The van der Waals surface area contributed by atoms with Gasteiger partial charge < -0.3 is 14.9 Å². The van der Waals surface area contributed by atoms with Crippen LogP contribution >= 0.6 is 11.6 Å². The minimum atomic E-state index is -1.72. The molecule has 1 aromatic heterocycles. The van der Waals surface area contributed by atoms with Gasteiger partial charge >= 0.3 is 0 Å². The normalized spacial score (nSPS) is 13.0. The highest BCUT2D eigenvalue weighted by molar-refractivity contribution is 6.31. The Labute approximate surface area is 226 Å². The van der Waals surface area contributed by atoms with Crippen LogP contribution in [0.3, 0.4) is 0 Å². The van der Waals surface area contributed by atoms with E-state index >= 15 is 0 Å². The number of halogens is 3. The molecule has 0 saturated heterocycles. The number of rotatable bonds is 7. The Balaban J connectivity index is 1.72. The number of benzene rings is 2. The first-order valence-electron chi connectivity index (χ1n) is 11.8. The SMILES string of the molecule is Cc1nc(OCc2ccc(F)cc2F)c(Cl)c(=O)n1-c1ccc2c(c1)N(C(=O)CCO)CN2C(=O)C(C)(C)O. The number of carbonyl (C=O) groups excluding carboxylic acids is 2. The third-order valence-corrected chi connectivity index (χ3v) is 6.35. The Kier molecular flexibility index (Phi) is 7.73. The highest BCUT2D eigenvalue weighted by Gasteiger charge is 2.39. The van der Waals surface area contributed by atoms with Crippen molar-refractivity contribution in [2.45, 2.75) is 39.4 Å². The first kappa shape index (κ1) is 28.1. The molecule has 1 aliphatic heterocycles. The molecule has 0 bridgehead atoms. The second kappa shape index (κ2) is 10.7. The molecule has 2 aromatic carbocycles. The molecule has 3 aromatic rings. The van der Waals surface area contributed by atoms with E-state index in [4.69, 9.17) is 16.3 Å². The number of aromatic nitrogens is 2. The molecule has 0 atom stereocenters. The van der Waals surface area contributed by atoms with Crippen molar-refractivity contribution < 1.29 is 33.3 Å². The lowest BCUT2D eigenvalue weighted by Gasteiger charge is -2.25. The fourth-order valence-electron chi connectivity index (χ4n) is 4.10. The zero-order valence-corrected chi connectivity index (χ0v) is 22.0. The minimum absolute atomic E-state index is 0.0347. The molecule has 0 fully saturated rings. The predicted molar refractivity (Wildman–Crippen MR) is 138 cm³/mol. The number of amides is 2. The minimum Gasteiger partial charge on any atom is -0.471 e. The molecule has 13 heteroatoms. The van der Waals surface area contributed by atoms with Crippen LogP contribution < -0.4 is 20.1 Å². The third-order valence-electron chi connectivity index (χ3n) is 6.02. The summed E-state index contributed by atoms with van der Waals surface area (Å²) in [7, 11) is 0. The van der Waals surface area contributed by atoms with Gasteiger partial charge in [0.25, 0.3) is 11.5 Å². The number of carbonyl (C=O) groups is 2. The molecule has 0 spiro atoms. The molecule has 2 heterocycles. The van der Waals surface area contributed by atoms with Gasteiger partial charge in [0.1, 0.15) is 36.3 Å². The Morgan fingerprint density at radius 1 is 1.13 bits per heavy atom. The van der Waals surface area contributed by atoms with Crippen LogP contribution in [0.5, 0.6) is 5.88 Å². The third kappa shape index (κ3) is 5.49. The standard InChI is InChI=1S/C26H25ClF2N4O6/c1-14-30-23(39-12-15-4-5-16(28)10-18(15)29)22(27)24(36)33(14)17-6-7-19-20(11-17)31(21(35)8-9-34)13-32(19)25(37)26(2,3)38/h4-7,10-11,34,38H,8-9,12-13H2,1-3H3. The molecular formula is C26H25ClF2N4O6. The van der Waals surface area contributed by atoms with E-state index < -0.39 is 46.2 Å². The molecular weight excluding hydrogens is 538 g/mol. The van der Waals surface area contributed by atoms with E-state index in [1.54, 1.807) is 0 Å². The first-order valence-corrected chi connectivity index (χ1v) is 12.2. The first-order chi connectivity index (χ1) is 18.3. The number of hydrogen-bond acceptors (Lipinski definition) is 7. The number of hydrogen-bond donors (Lipinski definition) is 2. The smallest absolute Gasteiger partial charge is 0.280 e. The van der Waals surface area contributed by atoms with E-state index in [9.17, 15) is 33.4 Å². The number of aliphatic hydroxyl groups excluding tert-OH is 1. The fraction of sp³-hybridized carbons (Fsp3) is 0.308. The number of ether oxygens (including phenoxy) is 1.